The predicted molar refractivity (Wildman–Crippen MR) is 139 cm³/mol. The van der Waals surface area contributed by atoms with E-state index in [9.17, 15) is 9.59 Å². The van der Waals surface area contributed by atoms with Gasteiger partial charge in [0.1, 0.15) is 11.4 Å². The van der Waals surface area contributed by atoms with E-state index in [4.69, 9.17) is 12.2 Å². The number of hydrogen-bond acceptors (Lipinski definition) is 4. The van der Waals surface area contributed by atoms with Crippen LogP contribution >= 0.6 is 12.2 Å². The van der Waals surface area contributed by atoms with E-state index in [1.165, 1.54) is 11.0 Å². The Morgan fingerprint density at radius 2 is 1.88 bits per heavy atom. The first-order valence-electron chi connectivity index (χ1n) is 11.6. The summed E-state index contributed by atoms with van der Waals surface area (Å²) in [6, 6.07) is 10.6. The normalized spacial score (nSPS) is 21.1. The van der Waals surface area contributed by atoms with Crippen molar-refractivity contribution in [3.05, 3.63) is 64.5 Å². The van der Waals surface area contributed by atoms with Gasteiger partial charge in [0.2, 0.25) is 0 Å². The number of halogens is 1. The van der Waals surface area contributed by atoms with E-state index in [0.29, 0.717) is 5.69 Å². The molecular formula is C27H30FN3O2S. The number of nitrogens with one attached hydrogen (secondary N) is 1. The first-order valence-corrected chi connectivity index (χ1v) is 12.0. The Hall–Kier alpha value is -3.06. The monoisotopic (exact) mass is 479 g/mol. The summed E-state index contributed by atoms with van der Waals surface area (Å²) in [5, 5.41) is 2.57. The molecule has 1 saturated heterocycles. The van der Waals surface area contributed by atoms with Crippen LogP contribution in [0.5, 0.6) is 0 Å². The summed E-state index contributed by atoms with van der Waals surface area (Å²) < 4.78 is 15.4. The fourth-order valence-electron chi connectivity index (χ4n) is 5.02. The lowest BCUT2D eigenvalue weighted by molar-refractivity contribution is -0.122. The van der Waals surface area contributed by atoms with Crippen molar-refractivity contribution in [3.8, 4) is 0 Å². The van der Waals surface area contributed by atoms with Gasteiger partial charge in [-0.25, -0.2) is 4.39 Å². The maximum atomic E-state index is 15.4. The quantitative estimate of drug-likeness (QED) is 0.359. The third kappa shape index (κ3) is 4.25. The molecule has 2 heterocycles. The van der Waals surface area contributed by atoms with Gasteiger partial charge >= 0.3 is 0 Å². The summed E-state index contributed by atoms with van der Waals surface area (Å²) in [6.45, 7) is 11.4. The van der Waals surface area contributed by atoms with Crippen molar-refractivity contribution in [1.29, 1.82) is 0 Å². The lowest BCUT2D eigenvalue weighted by atomic mass is 9.79. The average molecular weight is 480 g/mol. The van der Waals surface area contributed by atoms with E-state index in [0.717, 1.165) is 36.2 Å². The van der Waals surface area contributed by atoms with E-state index in [-0.39, 0.29) is 27.7 Å². The molecule has 0 bridgehead atoms. The molecule has 2 aromatic rings. The average Bonchev–Trinajstić information content (AvgIpc) is 2.75. The number of rotatable bonds is 4. The highest BCUT2D eigenvalue weighted by Crippen LogP contribution is 2.44. The molecule has 2 aliphatic heterocycles. The Labute approximate surface area is 205 Å². The molecule has 1 atom stereocenters. The minimum atomic E-state index is -0.628. The molecule has 7 heteroatoms. The van der Waals surface area contributed by atoms with Crippen LogP contribution < -0.4 is 15.1 Å². The molecule has 2 amide bonds. The largest absolute Gasteiger partial charge is 0.366 e. The van der Waals surface area contributed by atoms with Crippen LogP contribution in [0.15, 0.2) is 42.0 Å². The van der Waals surface area contributed by atoms with Crippen molar-refractivity contribution in [1.82, 2.24) is 5.32 Å². The minimum Gasteiger partial charge on any atom is -0.366 e. The maximum absolute atomic E-state index is 15.4. The van der Waals surface area contributed by atoms with Gasteiger partial charge in [0, 0.05) is 23.3 Å². The van der Waals surface area contributed by atoms with Gasteiger partial charge in [-0.3, -0.25) is 19.8 Å². The highest BCUT2D eigenvalue weighted by molar-refractivity contribution is 7.80. The van der Waals surface area contributed by atoms with Crippen molar-refractivity contribution in [2.75, 3.05) is 16.3 Å². The molecule has 1 N–H and O–H groups in total. The van der Waals surface area contributed by atoms with Crippen molar-refractivity contribution < 1.29 is 14.0 Å². The zero-order valence-electron chi connectivity index (χ0n) is 20.2. The standard InChI is InChI=1S/C27H30FN3O2S/c1-6-11-30-23-14-22(28)18(12-20(23)17(3)15-27(30,4)5)13-21-24(32)29-26(34)31(25(21)33)19-9-7-16(2)8-10-19/h7-10,12-14,17H,6,11,15H2,1-5H3,(H,29,32,34)/b21-13-. The van der Waals surface area contributed by atoms with Crippen LogP contribution in [0, 0.1) is 12.7 Å². The van der Waals surface area contributed by atoms with Gasteiger partial charge in [0.25, 0.3) is 11.8 Å². The third-order valence-corrected chi connectivity index (χ3v) is 6.93. The summed E-state index contributed by atoms with van der Waals surface area (Å²) in [6.07, 6.45) is 3.22. The molecule has 0 radical (unpaired) electrons. The lowest BCUT2D eigenvalue weighted by Gasteiger charge is -2.47. The number of amides is 2. The minimum absolute atomic E-state index is 0.00739. The number of thiocarbonyl (C=S) groups is 1. The Morgan fingerprint density at radius 3 is 2.53 bits per heavy atom. The fraction of sp³-hybridized carbons (Fsp3) is 0.370. The molecule has 4 rings (SSSR count). The van der Waals surface area contributed by atoms with Crippen LogP contribution in [0.1, 0.15) is 63.1 Å². The van der Waals surface area contributed by atoms with Gasteiger partial charge in [-0.05, 0) is 87.7 Å². The molecule has 5 nitrogen and oxygen atoms in total. The smallest absolute Gasteiger partial charge is 0.270 e. The van der Waals surface area contributed by atoms with Crippen molar-refractivity contribution in [2.24, 2.45) is 0 Å². The van der Waals surface area contributed by atoms with E-state index >= 15 is 4.39 Å². The Kier molecular flexibility index (Phi) is 6.34. The second kappa shape index (κ2) is 8.95. The Morgan fingerprint density at radius 1 is 1.21 bits per heavy atom. The predicted octanol–water partition coefficient (Wildman–Crippen LogP) is 5.47. The number of carbonyl (C=O) groups is 2. The molecule has 178 valence electrons. The molecule has 0 aliphatic carbocycles. The van der Waals surface area contributed by atoms with Gasteiger partial charge in [-0.2, -0.15) is 0 Å². The molecule has 0 aromatic heterocycles. The topological polar surface area (TPSA) is 52.7 Å². The van der Waals surface area contributed by atoms with Gasteiger partial charge in [0.15, 0.2) is 5.11 Å². The van der Waals surface area contributed by atoms with Crippen LogP contribution in [0.25, 0.3) is 6.08 Å². The number of fused-ring (bicyclic) bond motifs is 1. The van der Waals surface area contributed by atoms with Crippen LogP contribution in [0.2, 0.25) is 0 Å². The highest BCUT2D eigenvalue weighted by Gasteiger charge is 2.38. The van der Waals surface area contributed by atoms with Crippen molar-refractivity contribution in [3.63, 3.8) is 0 Å². The molecule has 0 saturated carbocycles. The zero-order valence-corrected chi connectivity index (χ0v) is 21.1. The van der Waals surface area contributed by atoms with E-state index in [1.54, 1.807) is 24.3 Å². The van der Waals surface area contributed by atoms with Crippen molar-refractivity contribution >= 4 is 46.6 Å². The number of aryl methyl sites for hydroxylation is 1. The summed E-state index contributed by atoms with van der Waals surface area (Å²) in [5.74, 6) is -1.45. The molecule has 1 unspecified atom stereocenters. The summed E-state index contributed by atoms with van der Waals surface area (Å²) >= 11 is 5.26. The summed E-state index contributed by atoms with van der Waals surface area (Å²) in [5.41, 5.74) is 3.47. The van der Waals surface area contributed by atoms with Crippen LogP contribution in [0.4, 0.5) is 15.8 Å². The van der Waals surface area contributed by atoms with E-state index < -0.39 is 17.6 Å². The molecule has 2 aliphatic rings. The molecule has 2 aromatic carbocycles. The van der Waals surface area contributed by atoms with E-state index in [2.05, 4.69) is 37.9 Å². The van der Waals surface area contributed by atoms with Gasteiger partial charge in [0.05, 0.1) is 5.69 Å². The molecule has 34 heavy (non-hydrogen) atoms. The summed E-state index contributed by atoms with van der Waals surface area (Å²) in [7, 11) is 0. The number of nitrogens with zero attached hydrogens (tertiary/aromatic N) is 2. The number of hydrogen-bond donors (Lipinski definition) is 1. The van der Waals surface area contributed by atoms with Gasteiger partial charge in [-0.1, -0.05) is 31.5 Å². The van der Waals surface area contributed by atoms with Crippen molar-refractivity contribution in [2.45, 2.75) is 58.9 Å². The highest BCUT2D eigenvalue weighted by atomic mass is 32.1. The first-order chi connectivity index (χ1) is 16.0. The SMILES string of the molecule is CCCN1c2cc(F)c(/C=C3/C(=O)NC(=S)N(c4ccc(C)cc4)C3=O)cc2C(C)CC1(C)C. The second-order valence-corrected chi connectivity index (χ2v) is 10.2. The second-order valence-electron chi connectivity index (χ2n) is 9.80. The number of benzene rings is 2. The number of anilines is 2. The fourth-order valence-corrected chi connectivity index (χ4v) is 5.30. The van der Waals surface area contributed by atoms with E-state index in [1.807, 2.05) is 19.1 Å². The zero-order chi connectivity index (χ0) is 24.8. The Bertz CT molecular complexity index is 1200. The maximum Gasteiger partial charge on any atom is 0.270 e. The van der Waals surface area contributed by atoms with Crippen LogP contribution in [-0.2, 0) is 9.59 Å². The van der Waals surface area contributed by atoms with Crippen LogP contribution in [0.3, 0.4) is 0 Å². The molecule has 1 fully saturated rings. The Balaban J connectivity index is 1.77. The summed E-state index contributed by atoms with van der Waals surface area (Å²) in [4.78, 5) is 29.5. The van der Waals surface area contributed by atoms with Gasteiger partial charge < -0.3 is 4.90 Å². The molecular weight excluding hydrogens is 449 g/mol. The number of carbonyl (C=O) groups excluding carboxylic acids is 2. The first kappa shape index (κ1) is 24.1. The van der Waals surface area contributed by atoms with Gasteiger partial charge in [-0.15, -0.1) is 0 Å². The van der Waals surface area contributed by atoms with Crippen LogP contribution in [-0.4, -0.2) is 29.0 Å². The third-order valence-electron chi connectivity index (χ3n) is 6.65. The molecule has 0 spiro atoms. The lowest BCUT2D eigenvalue weighted by Crippen LogP contribution is -2.54.